The smallest absolute Gasteiger partial charge is 0.315 e. The molecule has 8 nitrogen and oxygen atoms in total. The van der Waals surface area contributed by atoms with Crippen molar-refractivity contribution < 1.29 is 4.92 Å². The van der Waals surface area contributed by atoms with Gasteiger partial charge in [0.2, 0.25) is 5.95 Å². The Kier molecular flexibility index (Phi) is 3.03. The molecular formula is C13H10N6O2. The highest BCUT2D eigenvalue weighted by molar-refractivity contribution is 5.68. The monoisotopic (exact) mass is 282 g/mol. The van der Waals surface area contributed by atoms with Crippen LogP contribution in [0.25, 0.3) is 17.1 Å². The Bertz CT molecular complexity index is 799. The number of benzene rings is 1. The van der Waals surface area contributed by atoms with Gasteiger partial charge in [0.15, 0.2) is 5.69 Å². The number of anilines is 1. The van der Waals surface area contributed by atoms with Crippen molar-refractivity contribution >= 4 is 11.6 Å². The van der Waals surface area contributed by atoms with Gasteiger partial charge in [-0.3, -0.25) is 10.1 Å². The molecule has 3 rings (SSSR count). The standard InChI is InChI=1S/C13H10N6O2/c14-13-15-8-11(19(20)21)12(17-13)10-6-7-16-18(10)9-4-2-1-3-5-9/h1-8H,(H2,14,15,17). The molecule has 0 aliphatic heterocycles. The fraction of sp³-hybridized carbons (Fsp3) is 0. The Morgan fingerprint density at radius 3 is 2.67 bits per heavy atom. The Morgan fingerprint density at radius 1 is 1.19 bits per heavy atom. The number of nitro groups is 1. The Morgan fingerprint density at radius 2 is 1.95 bits per heavy atom. The van der Waals surface area contributed by atoms with Crippen LogP contribution in [0.3, 0.4) is 0 Å². The molecule has 0 spiro atoms. The van der Waals surface area contributed by atoms with E-state index in [0.29, 0.717) is 5.69 Å². The number of para-hydroxylation sites is 1. The Hall–Kier alpha value is -3.29. The van der Waals surface area contributed by atoms with Crippen LogP contribution < -0.4 is 5.73 Å². The maximum atomic E-state index is 11.1. The minimum atomic E-state index is -0.545. The van der Waals surface area contributed by atoms with Gasteiger partial charge >= 0.3 is 5.69 Å². The van der Waals surface area contributed by atoms with E-state index >= 15 is 0 Å². The van der Waals surface area contributed by atoms with Gasteiger partial charge in [0.25, 0.3) is 0 Å². The van der Waals surface area contributed by atoms with Gasteiger partial charge in [-0.05, 0) is 18.2 Å². The van der Waals surface area contributed by atoms with Gasteiger partial charge in [-0.1, -0.05) is 18.2 Å². The number of hydrogen-bond acceptors (Lipinski definition) is 6. The molecule has 0 unspecified atom stereocenters. The zero-order chi connectivity index (χ0) is 14.8. The molecule has 0 fully saturated rings. The van der Waals surface area contributed by atoms with E-state index in [1.165, 1.54) is 0 Å². The summed E-state index contributed by atoms with van der Waals surface area (Å²) in [5.41, 5.74) is 6.70. The summed E-state index contributed by atoms with van der Waals surface area (Å²) in [5, 5.41) is 15.3. The molecule has 0 saturated carbocycles. The van der Waals surface area contributed by atoms with Gasteiger partial charge in [0.1, 0.15) is 6.20 Å². The zero-order valence-corrected chi connectivity index (χ0v) is 10.7. The molecule has 0 aliphatic carbocycles. The minimum Gasteiger partial charge on any atom is -0.368 e. The van der Waals surface area contributed by atoms with E-state index in [0.717, 1.165) is 11.9 Å². The van der Waals surface area contributed by atoms with Crippen molar-refractivity contribution in [1.29, 1.82) is 0 Å². The topological polar surface area (TPSA) is 113 Å². The molecule has 1 aromatic carbocycles. The third-order valence-corrected chi connectivity index (χ3v) is 2.87. The maximum absolute atomic E-state index is 11.1. The second-order valence-corrected chi connectivity index (χ2v) is 4.18. The van der Waals surface area contributed by atoms with Crippen LogP contribution >= 0.6 is 0 Å². The Balaban J connectivity index is 2.21. The fourth-order valence-corrected chi connectivity index (χ4v) is 1.97. The van der Waals surface area contributed by atoms with Crippen molar-refractivity contribution in [1.82, 2.24) is 19.7 Å². The summed E-state index contributed by atoms with van der Waals surface area (Å²) >= 11 is 0. The highest BCUT2D eigenvalue weighted by Gasteiger charge is 2.21. The summed E-state index contributed by atoms with van der Waals surface area (Å²) in [5.74, 6) is -0.0311. The van der Waals surface area contributed by atoms with E-state index in [2.05, 4.69) is 15.1 Å². The molecule has 8 heteroatoms. The molecular weight excluding hydrogens is 272 g/mol. The van der Waals surface area contributed by atoms with Crippen LogP contribution in [-0.4, -0.2) is 24.7 Å². The van der Waals surface area contributed by atoms with Crippen molar-refractivity contribution in [2.24, 2.45) is 0 Å². The van der Waals surface area contributed by atoms with Gasteiger partial charge in [-0.15, -0.1) is 0 Å². The van der Waals surface area contributed by atoms with Crippen LogP contribution in [-0.2, 0) is 0 Å². The summed E-state index contributed by atoms with van der Waals surface area (Å²) in [7, 11) is 0. The lowest BCUT2D eigenvalue weighted by molar-refractivity contribution is -0.384. The highest BCUT2D eigenvalue weighted by atomic mass is 16.6. The van der Waals surface area contributed by atoms with E-state index < -0.39 is 4.92 Å². The summed E-state index contributed by atoms with van der Waals surface area (Å²) in [4.78, 5) is 18.2. The van der Waals surface area contributed by atoms with Crippen LogP contribution in [0.1, 0.15) is 0 Å². The minimum absolute atomic E-state index is 0.0311. The molecule has 0 bridgehead atoms. The molecule has 0 aliphatic rings. The largest absolute Gasteiger partial charge is 0.368 e. The van der Waals surface area contributed by atoms with E-state index in [1.807, 2.05) is 30.3 Å². The fourth-order valence-electron chi connectivity index (χ4n) is 1.97. The average Bonchev–Trinajstić information content (AvgIpc) is 2.97. The van der Waals surface area contributed by atoms with Crippen molar-refractivity contribution in [2.75, 3.05) is 5.73 Å². The number of nitrogens with zero attached hydrogens (tertiary/aromatic N) is 5. The molecule has 104 valence electrons. The van der Waals surface area contributed by atoms with E-state index in [1.54, 1.807) is 16.9 Å². The molecule has 21 heavy (non-hydrogen) atoms. The summed E-state index contributed by atoms with van der Waals surface area (Å²) in [6, 6.07) is 10.9. The first-order valence-electron chi connectivity index (χ1n) is 6.03. The van der Waals surface area contributed by atoms with Crippen LogP contribution in [0.15, 0.2) is 48.8 Å². The normalized spacial score (nSPS) is 10.5. The maximum Gasteiger partial charge on any atom is 0.315 e. The molecule has 2 aromatic heterocycles. The predicted octanol–water partition coefficient (Wildman–Crippen LogP) is 1.82. The summed E-state index contributed by atoms with van der Waals surface area (Å²) < 4.78 is 1.56. The average molecular weight is 282 g/mol. The van der Waals surface area contributed by atoms with Crippen LogP contribution in [0, 0.1) is 10.1 Å². The predicted molar refractivity (Wildman–Crippen MR) is 75.7 cm³/mol. The lowest BCUT2D eigenvalue weighted by Gasteiger charge is -2.07. The molecule has 0 atom stereocenters. The van der Waals surface area contributed by atoms with Crippen molar-refractivity contribution in [3.63, 3.8) is 0 Å². The van der Waals surface area contributed by atoms with Gasteiger partial charge in [0.05, 0.1) is 22.5 Å². The third kappa shape index (κ3) is 2.29. The first kappa shape index (κ1) is 12.7. The quantitative estimate of drug-likeness (QED) is 0.579. The molecule has 0 saturated heterocycles. The van der Waals surface area contributed by atoms with Crippen molar-refractivity contribution in [3.8, 4) is 17.1 Å². The zero-order valence-electron chi connectivity index (χ0n) is 10.7. The number of rotatable bonds is 3. The van der Waals surface area contributed by atoms with E-state index in [9.17, 15) is 10.1 Å². The van der Waals surface area contributed by atoms with Crippen LogP contribution in [0.4, 0.5) is 11.6 Å². The second kappa shape index (κ2) is 5.00. The van der Waals surface area contributed by atoms with Crippen molar-refractivity contribution in [3.05, 3.63) is 58.9 Å². The van der Waals surface area contributed by atoms with Gasteiger partial charge in [0, 0.05) is 0 Å². The second-order valence-electron chi connectivity index (χ2n) is 4.18. The highest BCUT2D eigenvalue weighted by Crippen LogP contribution is 2.28. The summed E-state index contributed by atoms with van der Waals surface area (Å²) in [6.45, 7) is 0. The lowest BCUT2D eigenvalue weighted by Crippen LogP contribution is -2.05. The number of nitrogen functional groups attached to an aromatic ring is 1. The molecule has 3 aromatic rings. The molecule has 2 N–H and O–H groups in total. The van der Waals surface area contributed by atoms with E-state index in [-0.39, 0.29) is 17.3 Å². The number of aromatic nitrogens is 4. The van der Waals surface area contributed by atoms with E-state index in [4.69, 9.17) is 5.73 Å². The lowest BCUT2D eigenvalue weighted by atomic mass is 10.2. The van der Waals surface area contributed by atoms with Crippen LogP contribution in [0.5, 0.6) is 0 Å². The Labute approximate surface area is 119 Å². The van der Waals surface area contributed by atoms with Gasteiger partial charge in [-0.25, -0.2) is 14.6 Å². The number of hydrogen-bond donors (Lipinski definition) is 1. The SMILES string of the molecule is Nc1ncc([N+](=O)[O-])c(-c2ccnn2-c2ccccc2)n1. The molecule has 0 radical (unpaired) electrons. The van der Waals surface area contributed by atoms with Gasteiger partial charge in [-0.2, -0.15) is 5.10 Å². The summed E-state index contributed by atoms with van der Waals surface area (Å²) in [6.07, 6.45) is 2.64. The first-order chi connectivity index (χ1) is 10.2. The molecule has 2 heterocycles. The van der Waals surface area contributed by atoms with Crippen LogP contribution in [0.2, 0.25) is 0 Å². The first-order valence-corrected chi connectivity index (χ1v) is 6.03. The van der Waals surface area contributed by atoms with Gasteiger partial charge < -0.3 is 5.73 Å². The third-order valence-electron chi connectivity index (χ3n) is 2.87. The number of nitrogens with two attached hydrogens (primary N) is 1. The molecule has 0 amide bonds. The van der Waals surface area contributed by atoms with Crippen molar-refractivity contribution in [2.45, 2.75) is 0 Å².